The molecule has 0 unspecified atom stereocenters. The monoisotopic (exact) mass is 552 g/mol. The van der Waals surface area contributed by atoms with Crippen LogP contribution in [0.5, 0.6) is 0 Å². The molecule has 9 heteroatoms. The Labute approximate surface area is 237 Å². The molecule has 0 radical (unpaired) electrons. The second-order valence-electron chi connectivity index (χ2n) is 11.2. The average Bonchev–Trinajstić information content (AvgIpc) is 3.69. The minimum Gasteiger partial charge on any atom is -0.379 e. The minimum absolute atomic E-state index is 0.243. The Kier molecular flexibility index (Phi) is 9.43. The zero-order valence-electron chi connectivity index (χ0n) is 23.7. The first-order valence-corrected chi connectivity index (χ1v) is 15.5. The quantitative estimate of drug-likeness (QED) is 0.398. The van der Waals surface area contributed by atoms with Crippen molar-refractivity contribution in [2.24, 2.45) is 0 Å². The molecule has 1 amide bonds. The van der Waals surface area contributed by atoms with Gasteiger partial charge in [-0.15, -0.1) is 0 Å². The molecule has 1 spiro atoms. The highest BCUT2D eigenvalue weighted by molar-refractivity contribution is 7.97. The fourth-order valence-electron chi connectivity index (χ4n) is 5.75. The van der Waals surface area contributed by atoms with Crippen molar-refractivity contribution >= 4 is 29.6 Å². The molecule has 4 heterocycles. The van der Waals surface area contributed by atoms with E-state index in [1.54, 1.807) is 7.11 Å². The second kappa shape index (κ2) is 13.0. The van der Waals surface area contributed by atoms with Crippen LogP contribution >= 0.6 is 11.9 Å². The van der Waals surface area contributed by atoms with E-state index in [1.165, 1.54) is 4.90 Å². The van der Waals surface area contributed by atoms with Crippen LogP contribution in [0.15, 0.2) is 41.4 Å². The number of amides is 1. The number of piperidine rings is 1. The van der Waals surface area contributed by atoms with Crippen LogP contribution in [0.3, 0.4) is 0 Å². The lowest BCUT2D eigenvalue weighted by Gasteiger charge is -2.31. The zero-order chi connectivity index (χ0) is 27.2. The number of nitrogens with zero attached hydrogens (tertiary/aromatic N) is 4. The lowest BCUT2D eigenvalue weighted by atomic mass is 10.0. The van der Waals surface area contributed by atoms with Crippen LogP contribution in [0.25, 0.3) is 0 Å². The third-order valence-corrected chi connectivity index (χ3v) is 9.45. The molecule has 4 aliphatic rings. The lowest BCUT2D eigenvalue weighted by Crippen LogP contribution is -2.47. The van der Waals surface area contributed by atoms with Gasteiger partial charge in [0.1, 0.15) is 5.82 Å². The summed E-state index contributed by atoms with van der Waals surface area (Å²) in [7, 11) is 1.74. The summed E-state index contributed by atoms with van der Waals surface area (Å²) >= 11 is 1.84. The third-order valence-electron chi connectivity index (χ3n) is 8.34. The zero-order valence-corrected chi connectivity index (χ0v) is 24.5. The SMILES string of the molecule is CCCC(CCC)N1C(=O)C2(CC2)c2cnc(NC3CCN(Sc4ccccc4)CC3)nc21.COC1CNC1. The smallest absolute Gasteiger partial charge is 0.239 e. The van der Waals surface area contributed by atoms with Gasteiger partial charge in [-0.25, -0.2) is 9.29 Å². The van der Waals surface area contributed by atoms with Gasteiger partial charge in [-0.3, -0.25) is 9.69 Å². The number of anilines is 2. The topological polar surface area (TPSA) is 82.6 Å². The molecule has 1 aromatic carbocycles. The molecule has 2 N–H and O–H groups in total. The molecular formula is C30H44N6O2S. The first kappa shape index (κ1) is 28.3. The molecule has 39 heavy (non-hydrogen) atoms. The summed E-state index contributed by atoms with van der Waals surface area (Å²) in [5.41, 5.74) is 0.734. The fraction of sp³-hybridized carbons (Fsp3) is 0.633. The standard InChI is InChI=1S/C26H35N5OS.C4H9NO/c1-3-8-20(9-4-2)31-23-22(26(14-15-26)24(31)32)18-27-25(29-23)28-19-12-16-30(17-13-19)33-21-10-6-5-7-11-21;1-6-4-2-5-3-4/h5-7,10-11,18-20H,3-4,8-9,12-17H2,1-2H3,(H,27,28,29);4-5H,2-3H2,1H3. The lowest BCUT2D eigenvalue weighted by molar-refractivity contribution is -0.120. The van der Waals surface area contributed by atoms with Crippen molar-refractivity contribution in [3.8, 4) is 0 Å². The van der Waals surface area contributed by atoms with E-state index in [9.17, 15) is 4.79 Å². The molecule has 3 fully saturated rings. The summed E-state index contributed by atoms with van der Waals surface area (Å²) in [5, 5.41) is 6.67. The van der Waals surface area contributed by atoms with Crippen LogP contribution in [-0.4, -0.2) is 71.7 Å². The van der Waals surface area contributed by atoms with E-state index in [2.05, 4.69) is 64.1 Å². The number of carbonyl (C=O) groups excluding carboxylic acids is 1. The Hall–Kier alpha value is -2.20. The molecule has 212 valence electrons. The van der Waals surface area contributed by atoms with Gasteiger partial charge in [0.25, 0.3) is 0 Å². The Balaban J connectivity index is 0.000000455. The summed E-state index contributed by atoms with van der Waals surface area (Å²) in [6.07, 6.45) is 10.6. The molecule has 3 aliphatic heterocycles. The minimum atomic E-state index is -0.326. The summed E-state index contributed by atoms with van der Waals surface area (Å²) in [6, 6.07) is 11.2. The molecule has 1 saturated carbocycles. The van der Waals surface area contributed by atoms with Crippen LogP contribution in [0.2, 0.25) is 0 Å². The number of hydrogen-bond donors (Lipinski definition) is 2. The Bertz CT molecular complexity index is 1080. The van der Waals surface area contributed by atoms with E-state index in [4.69, 9.17) is 9.72 Å². The summed E-state index contributed by atoms with van der Waals surface area (Å²) < 4.78 is 7.36. The summed E-state index contributed by atoms with van der Waals surface area (Å²) in [6.45, 7) is 8.54. The van der Waals surface area contributed by atoms with Gasteiger partial charge < -0.3 is 15.4 Å². The van der Waals surface area contributed by atoms with Crippen LogP contribution in [-0.2, 0) is 14.9 Å². The van der Waals surface area contributed by atoms with Crippen molar-refractivity contribution in [1.29, 1.82) is 0 Å². The maximum absolute atomic E-state index is 13.5. The molecule has 0 atom stereocenters. The Morgan fingerprint density at radius 3 is 2.36 bits per heavy atom. The molecular weight excluding hydrogens is 508 g/mol. The number of nitrogens with one attached hydrogen (secondary N) is 2. The van der Waals surface area contributed by atoms with Crippen molar-refractivity contribution in [2.75, 3.05) is 43.5 Å². The first-order valence-electron chi connectivity index (χ1n) is 14.8. The predicted molar refractivity (Wildman–Crippen MR) is 158 cm³/mol. The van der Waals surface area contributed by atoms with Gasteiger partial charge in [0.05, 0.1) is 11.5 Å². The molecule has 2 saturated heterocycles. The maximum Gasteiger partial charge on any atom is 0.239 e. The fourth-order valence-corrected chi connectivity index (χ4v) is 6.73. The number of aromatic nitrogens is 2. The van der Waals surface area contributed by atoms with Crippen LogP contribution in [0, 0.1) is 0 Å². The molecule has 1 aromatic heterocycles. The molecule has 2 aromatic rings. The van der Waals surface area contributed by atoms with E-state index < -0.39 is 0 Å². The number of methoxy groups -OCH3 is 1. The molecule has 6 rings (SSSR count). The number of fused-ring (bicyclic) bond motifs is 2. The van der Waals surface area contributed by atoms with E-state index in [0.29, 0.717) is 18.1 Å². The number of benzene rings is 1. The van der Waals surface area contributed by atoms with Crippen LogP contribution in [0.4, 0.5) is 11.8 Å². The van der Waals surface area contributed by atoms with Crippen molar-refractivity contribution in [3.05, 3.63) is 42.1 Å². The number of ether oxygens (including phenoxy) is 1. The maximum atomic E-state index is 13.5. The van der Waals surface area contributed by atoms with Gasteiger partial charge in [0, 0.05) is 62.0 Å². The normalized spacial score (nSPS) is 20.5. The highest BCUT2D eigenvalue weighted by Gasteiger charge is 2.61. The summed E-state index contributed by atoms with van der Waals surface area (Å²) in [4.78, 5) is 26.4. The van der Waals surface area contributed by atoms with Crippen molar-refractivity contribution < 1.29 is 9.53 Å². The van der Waals surface area contributed by atoms with Gasteiger partial charge in [0.2, 0.25) is 11.9 Å². The highest BCUT2D eigenvalue weighted by Crippen LogP contribution is 2.57. The van der Waals surface area contributed by atoms with Gasteiger partial charge in [-0.1, -0.05) is 44.9 Å². The first-order chi connectivity index (χ1) is 19.1. The van der Waals surface area contributed by atoms with Gasteiger partial charge in [-0.05, 0) is 62.6 Å². The van der Waals surface area contributed by atoms with Crippen molar-refractivity contribution in [3.63, 3.8) is 0 Å². The summed E-state index contributed by atoms with van der Waals surface area (Å²) in [5.74, 6) is 1.81. The van der Waals surface area contributed by atoms with Gasteiger partial charge >= 0.3 is 0 Å². The average molecular weight is 553 g/mol. The van der Waals surface area contributed by atoms with Crippen LogP contribution in [0.1, 0.15) is 70.8 Å². The predicted octanol–water partition coefficient (Wildman–Crippen LogP) is 5.01. The highest BCUT2D eigenvalue weighted by atomic mass is 32.2. The van der Waals surface area contributed by atoms with Crippen LogP contribution < -0.4 is 15.5 Å². The second-order valence-corrected chi connectivity index (χ2v) is 12.4. The number of carbonyl (C=O) groups is 1. The van der Waals surface area contributed by atoms with Crippen molar-refractivity contribution in [1.82, 2.24) is 19.6 Å². The Morgan fingerprint density at radius 2 is 1.82 bits per heavy atom. The third kappa shape index (κ3) is 6.42. The van der Waals surface area contributed by atoms with Gasteiger partial charge in [-0.2, -0.15) is 4.98 Å². The van der Waals surface area contributed by atoms with E-state index in [-0.39, 0.29) is 17.4 Å². The Morgan fingerprint density at radius 1 is 1.13 bits per heavy atom. The number of hydrogen-bond acceptors (Lipinski definition) is 8. The molecule has 0 bridgehead atoms. The van der Waals surface area contributed by atoms with Crippen molar-refractivity contribution in [2.45, 2.75) is 93.7 Å². The van der Waals surface area contributed by atoms with E-state index >= 15 is 0 Å². The number of rotatable bonds is 10. The van der Waals surface area contributed by atoms with E-state index in [0.717, 1.165) is 88.9 Å². The van der Waals surface area contributed by atoms with E-state index in [1.807, 2.05) is 23.0 Å². The molecule has 8 nitrogen and oxygen atoms in total. The largest absolute Gasteiger partial charge is 0.379 e. The van der Waals surface area contributed by atoms with Gasteiger partial charge in [0.15, 0.2) is 0 Å². The molecule has 1 aliphatic carbocycles.